The van der Waals surface area contributed by atoms with E-state index in [-0.39, 0.29) is 18.0 Å². The molecular formula is C10H14N2O4. The molecule has 1 rings (SSSR count). The molecule has 1 aromatic rings. The molecule has 0 unspecified atom stereocenters. The van der Waals surface area contributed by atoms with Crippen molar-refractivity contribution in [2.75, 3.05) is 32.2 Å². The highest BCUT2D eigenvalue weighted by Crippen LogP contribution is 2.30. The van der Waals surface area contributed by atoms with E-state index in [9.17, 15) is 10.1 Å². The van der Waals surface area contributed by atoms with Crippen LogP contribution in [0.25, 0.3) is 0 Å². The maximum absolute atomic E-state index is 10.7. The standard InChI is InChI=1S/C10H14N2O4/c1-11(5-6-13)8-3-4-9(12(14)15)10(7-8)16-2/h3-4,7,13H,5-6H2,1-2H3. The Balaban J connectivity index is 3.03. The zero-order chi connectivity index (χ0) is 12.1. The number of nitrogens with zero attached hydrogens (tertiary/aromatic N) is 2. The van der Waals surface area contributed by atoms with Crippen LogP contribution in [0.2, 0.25) is 0 Å². The number of methoxy groups -OCH3 is 1. The second kappa shape index (κ2) is 5.32. The van der Waals surface area contributed by atoms with E-state index in [2.05, 4.69) is 0 Å². The molecule has 0 aliphatic heterocycles. The number of aliphatic hydroxyl groups is 1. The number of aliphatic hydroxyl groups excluding tert-OH is 1. The van der Waals surface area contributed by atoms with Crippen molar-refractivity contribution in [1.82, 2.24) is 0 Å². The van der Waals surface area contributed by atoms with E-state index in [0.29, 0.717) is 6.54 Å². The van der Waals surface area contributed by atoms with Crippen LogP contribution in [0.5, 0.6) is 5.75 Å². The molecule has 0 heterocycles. The highest BCUT2D eigenvalue weighted by molar-refractivity contribution is 5.58. The van der Waals surface area contributed by atoms with E-state index >= 15 is 0 Å². The number of likely N-dealkylation sites (N-methyl/N-ethyl adjacent to an activating group) is 1. The van der Waals surface area contributed by atoms with Gasteiger partial charge in [-0.1, -0.05) is 0 Å². The molecular weight excluding hydrogens is 212 g/mol. The van der Waals surface area contributed by atoms with Gasteiger partial charge in [-0.2, -0.15) is 0 Å². The Morgan fingerprint density at radius 1 is 1.56 bits per heavy atom. The molecule has 0 saturated carbocycles. The normalized spacial score (nSPS) is 9.94. The van der Waals surface area contributed by atoms with E-state index in [1.807, 2.05) is 0 Å². The van der Waals surface area contributed by atoms with Gasteiger partial charge in [-0.25, -0.2) is 0 Å². The number of hydrogen-bond acceptors (Lipinski definition) is 5. The maximum atomic E-state index is 10.7. The molecule has 0 aliphatic rings. The summed E-state index contributed by atoms with van der Waals surface area (Å²) in [4.78, 5) is 12.0. The molecule has 0 bridgehead atoms. The van der Waals surface area contributed by atoms with Crippen molar-refractivity contribution in [2.24, 2.45) is 0 Å². The lowest BCUT2D eigenvalue weighted by Crippen LogP contribution is -2.21. The molecule has 0 saturated heterocycles. The van der Waals surface area contributed by atoms with Crippen molar-refractivity contribution >= 4 is 11.4 Å². The highest BCUT2D eigenvalue weighted by atomic mass is 16.6. The van der Waals surface area contributed by atoms with Gasteiger partial charge in [-0.15, -0.1) is 0 Å². The minimum atomic E-state index is -0.491. The maximum Gasteiger partial charge on any atom is 0.311 e. The first kappa shape index (κ1) is 12.3. The SMILES string of the molecule is COc1cc(N(C)CCO)ccc1[N+](=O)[O-]. The number of nitro groups is 1. The molecule has 0 amide bonds. The number of nitro benzene ring substituents is 1. The van der Waals surface area contributed by atoms with Gasteiger partial charge in [0.2, 0.25) is 0 Å². The third kappa shape index (κ3) is 2.60. The van der Waals surface area contributed by atoms with Gasteiger partial charge in [-0.05, 0) is 6.07 Å². The number of ether oxygens (including phenoxy) is 1. The molecule has 0 radical (unpaired) electrons. The summed E-state index contributed by atoms with van der Waals surface area (Å²) in [6.45, 7) is 0.483. The third-order valence-corrected chi connectivity index (χ3v) is 2.24. The van der Waals surface area contributed by atoms with Crippen LogP contribution in [-0.4, -0.2) is 37.3 Å². The molecule has 0 spiro atoms. The molecule has 1 aromatic carbocycles. The van der Waals surface area contributed by atoms with Gasteiger partial charge >= 0.3 is 5.69 Å². The Bertz CT molecular complexity index is 381. The van der Waals surface area contributed by atoms with Crippen molar-refractivity contribution in [2.45, 2.75) is 0 Å². The van der Waals surface area contributed by atoms with Crippen molar-refractivity contribution in [3.63, 3.8) is 0 Å². The van der Waals surface area contributed by atoms with E-state index in [1.54, 1.807) is 24.1 Å². The Morgan fingerprint density at radius 2 is 2.25 bits per heavy atom. The molecule has 6 heteroatoms. The van der Waals surface area contributed by atoms with Gasteiger partial charge in [0.15, 0.2) is 5.75 Å². The first-order valence-electron chi connectivity index (χ1n) is 4.74. The Morgan fingerprint density at radius 3 is 2.75 bits per heavy atom. The fourth-order valence-electron chi connectivity index (χ4n) is 1.33. The summed E-state index contributed by atoms with van der Waals surface area (Å²) >= 11 is 0. The van der Waals surface area contributed by atoms with Crippen molar-refractivity contribution in [3.8, 4) is 5.75 Å². The van der Waals surface area contributed by atoms with Crippen LogP contribution in [0, 0.1) is 10.1 Å². The largest absolute Gasteiger partial charge is 0.490 e. The van der Waals surface area contributed by atoms with Gasteiger partial charge in [0.05, 0.1) is 18.6 Å². The average Bonchev–Trinajstić information content (AvgIpc) is 2.28. The molecule has 88 valence electrons. The Kier molecular flexibility index (Phi) is 4.07. The minimum absolute atomic E-state index is 0.0236. The van der Waals surface area contributed by atoms with Gasteiger partial charge < -0.3 is 14.7 Å². The molecule has 0 aliphatic carbocycles. The summed E-state index contributed by atoms with van der Waals surface area (Å²) in [6.07, 6.45) is 0. The fraction of sp³-hybridized carbons (Fsp3) is 0.400. The van der Waals surface area contributed by atoms with E-state index in [1.165, 1.54) is 13.2 Å². The Labute approximate surface area is 93.2 Å². The number of anilines is 1. The summed E-state index contributed by atoms with van der Waals surface area (Å²) in [7, 11) is 3.18. The number of benzene rings is 1. The summed E-state index contributed by atoms with van der Waals surface area (Å²) < 4.78 is 4.94. The van der Waals surface area contributed by atoms with E-state index in [4.69, 9.17) is 9.84 Å². The van der Waals surface area contributed by atoms with Crippen LogP contribution in [0.4, 0.5) is 11.4 Å². The second-order valence-electron chi connectivity index (χ2n) is 3.26. The molecule has 1 N–H and O–H groups in total. The topological polar surface area (TPSA) is 75.8 Å². The summed E-state index contributed by atoms with van der Waals surface area (Å²) in [6, 6.07) is 4.59. The van der Waals surface area contributed by atoms with Gasteiger partial charge in [0, 0.05) is 31.4 Å². The first-order chi connectivity index (χ1) is 7.60. The average molecular weight is 226 g/mol. The molecule has 0 atom stereocenters. The van der Waals surface area contributed by atoms with Gasteiger partial charge in [0.1, 0.15) is 0 Å². The van der Waals surface area contributed by atoms with Crippen molar-refractivity contribution in [3.05, 3.63) is 28.3 Å². The lowest BCUT2D eigenvalue weighted by Gasteiger charge is -2.18. The minimum Gasteiger partial charge on any atom is -0.490 e. The third-order valence-electron chi connectivity index (χ3n) is 2.24. The second-order valence-corrected chi connectivity index (χ2v) is 3.26. The Hall–Kier alpha value is -1.82. The summed E-state index contributed by atoms with van der Waals surface area (Å²) in [5.74, 6) is 0.215. The fourth-order valence-corrected chi connectivity index (χ4v) is 1.33. The van der Waals surface area contributed by atoms with E-state index in [0.717, 1.165) is 5.69 Å². The zero-order valence-corrected chi connectivity index (χ0v) is 9.21. The molecule has 0 aromatic heterocycles. The number of rotatable bonds is 5. The quantitative estimate of drug-likeness (QED) is 0.599. The summed E-state index contributed by atoms with van der Waals surface area (Å²) in [5, 5.41) is 19.4. The van der Waals surface area contributed by atoms with Gasteiger partial charge in [-0.3, -0.25) is 10.1 Å². The zero-order valence-electron chi connectivity index (χ0n) is 9.21. The molecule has 6 nitrogen and oxygen atoms in total. The van der Waals surface area contributed by atoms with Crippen molar-refractivity contribution < 1.29 is 14.8 Å². The first-order valence-corrected chi connectivity index (χ1v) is 4.74. The molecule has 16 heavy (non-hydrogen) atoms. The number of hydrogen-bond donors (Lipinski definition) is 1. The lowest BCUT2D eigenvalue weighted by molar-refractivity contribution is -0.385. The van der Waals surface area contributed by atoms with Crippen LogP contribution in [0.3, 0.4) is 0 Å². The summed E-state index contributed by atoms with van der Waals surface area (Å²) in [5.41, 5.74) is 0.695. The van der Waals surface area contributed by atoms with Gasteiger partial charge in [0.25, 0.3) is 0 Å². The van der Waals surface area contributed by atoms with E-state index < -0.39 is 4.92 Å². The molecule has 0 fully saturated rings. The smallest absolute Gasteiger partial charge is 0.311 e. The predicted octanol–water partition coefficient (Wildman–Crippen LogP) is 1.03. The monoisotopic (exact) mass is 226 g/mol. The highest BCUT2D eigenvalue weighted by Gasteiger charge is 2.15. The van der Waals surface area contributed by atoms with Crippen LogP contribution in [-0.2, 0) is 0 Å². The van der Waals surface area contributed by atoms with Crippen molar-refractivity contribution in [1.29, 1.82) is 0 Å². The van der Waals surface area contributed by atoms with Crippen LogP contribution < -0.4 is 9.64 Å². The van der Waals surface area contributed by atoms with Crippen LogP contribution >= 0.6 is 0 Å². The van der Waals surface area contributed by atoms with Crippen LogP contribution in [0.1, 0.15) is 0 Å². The lowest BCUT2D eigenvalue weighted by atomic mass is 10.2. The van der Waals surface area contributed by atoms with Crippen LogP contribution in [0.15, 0.2) is 18.2 Å². The predicted molar refractivity (Wildman–Crippen MR) is 60.0 cm³/mol.